The second kappa shape index (κ2) is 8.38. The van der Waals surface area contributed by atoms with Crippen molar-refractivity contribution in [3.63, 3.8) is 0 Å². The van der Waals surface area contributed by atoms with E-state index in [2.05, 4.69) is 15.6 Å². The number of hydrogen-bond donors (Lipinski definition) is 2. The first-order valence-corrected chi connectivity index (χ1v) is 8.00. The summed E-state index contributed by atoms with van der Waals surface area (Å²) in [6.07, 6.45) is 2.87. The van der Waals surface area contributed by atoms with Crippen molar-refractivity contribution in [1.29, 1.82) is 0 Å². The molecule has 2 aromatic rings. The van der Waals surface area contributed by atoms with E-state index in [0.29, 0.717) is 24.3 Å². The second-order valence-corrected chi connectivity index (χ2v) is 5.46. The smallest absolute Gasteiger partial charge is 0.252 e. The molecule has 128 valence electrons. The zero-order valence-electron chi connectivity index (χ0n) is 13.8. The Morgan fingerprint density at radius 2 is 2.00 bits per heavy atom. The van der Waals surface area contributed by atoms with Gasteiger partial charge in [0.2, 0.25) is 0 Å². The molecule has 4 nitrogen and oxygen atoms in total. The summed E-state index contributed by atoms with van der Waals surface area (Å²) in [5.74, 6) is -0.634. The molecule has 6 heteroatoms. The highest BCUT2D eigenvalue weighted by molar-refractivity contribution is 5.94. The molecule has 0 aliphatic rings. The van der Waals surface area contributed by atoms with Crippen molar-refractivity contribution < 1.29 is 13.6 Å². The molecule has 2 rings (SSSR count). The van der Waals surface area contributed by atoms with Gasteiger partial charge in [-0.1, -0.05) is 13.8 Å². The molecular weight excluding hydrogens is 312 g/mol. The molecule has 0 saturated carbocycles. The predicted octanol–water partition coefficient (Wildman–Crippen LogP) is 4.06. The zero-order valence-corrected chi connectivity index (χ0v) is 13.8. The Labute approximate surface area is 140 Å². The Balaban J connectivity index is 2.11. The van der Waals surface area contributed by atoms with Gasteiger partial charge in [0.25, 0.3) is 5.91 Å². The molecule has 0 saturated heterocycles. The molecule has 24 heavy (non-hydrogen) atoms. The molecule has 2 N–H and O–H groups in total. The number of anilines is 1. The molecule has 0 spiro atoms. The van der Waals surface area contributed by atoms with Gasteiger partial charge >= 0.3 is 0 Å². The van der Waals surface area contributed by atoms with E-state index in [-0.39, 0.29) is 11.5 Å². The number of halogens is 2. The van der Waals surface area contributed by atoms with Gasteiger partial charge in [-0.2, -0.15) is 0 Å². The minimum Gasteiger partial charge on any atom is -0.363 e. The summed E-state index contributed by atoms with van der Waals surface area (Å²) in [6.45, 7) is 4.45. The van der Waals surface area contributed by atoms with E-state index in [0.717, 1.165) is 18.6 Å². The Morgan fingerprint density at radius 1 is 1.21 bits per heavy atom. The molecule has 1 heterocycles. The van der Waals surface area contributed by atoms with Gasteiger partial charge in [0, 0.05) is 18.3 Å². The number of aromatic nitrogens is 1. The number of benzene rings is 1. The molecule has 1 aromatic carbocycles. The van der Waals surface area contributed by atoms with Gasteiger partial charge in [-0.3, -0.25) is 4.79 Å². The highest BCUT2D eigenvalue weighted by Gasteiger charge is 2.15. The van der Waals surface area contributed by atoms with Gasteiger partial charge in [-0.25, -0.2) is 13.8 Å². The molecule has 1 unspecified atom stereocenters. The topological polar surface area (TPSA) is 54.0 Å². The summed E-state index contributed by atoms with van der Waals surface area (Å²) in [5.41, 5.74) is 0.711. The summed E-state index contributed by atoms with van der Waals surface area (Å²) < 4.78 is 27.3. The average Bonchev–Trinajstić information content (AvgIpc) is 2.60. The number of nitrogens with one attached hydrogen (secondary N) is 2. The van der Waals surface area contributed by atoms with Crippen molar-refractivity contribution in [3.8, 4) is 0 Å². The molecule has 0 aliphatic heterocycles. The van der Waals surface area contributed by atoms with E-state index in [4.69, 9.17) is 0 Å². The van der Waals surface area contributed by atoms with Crippen LogP contribution in [0.2, 0.25) is 0 Å². The summed E-state index contributed by atoms with van der Waals surface area (Å²) in [4.78, 5) is 16.0. The van der Waals surface area contributed by atoms with Crippen molar-refractivity contribution in [3.05, 3.63) is 59.3 Å². The van der Waals surface area contributed by atoms with Crippen LogP contribution < -0.4 is 10.6 Å². The third-order valence-corrected chi connectivity index (χ3v) is 3.63. The van der Waals surface area contributed by atoms with Crippen LogP contribution in [-0.4, -0.2) is 17.4 Å². The van der Waals surface area contributed by atoms with Crippen LogP contribution in [0.4, 0.5) is 14.6 Å². The number of carbonyl (C=O) groups excluding carboxylic acids is 1. The Bertz CT molecular complexity index is 689. The van der Waals surface area contributed by atoms with Gasteiger partial charge in [-0.05, 0) is 43.2 Å². The predicted molar refractivity (Wildman–Crippen MR) is 89.9 cm³/mol. The maximum atomic E-state index is 13.9. The van der Waals surface area contributed by atoms with Crippen molar-refractivity contribution in [2.75, 3.05) is 11.9 Å². The lowest BCUT2D eigenvalue weighted by Crippen LogP contribution is -2.24. The normalized spacial score (nSPS) is 11.8. The van der Waals surface area contributed by atoms with E-state index >= 15 is 0 Å². The molecule has 0 radical (unpaired) electrons. The van der Waals surface area contributed by atoms with Crippen LogP contribution in [0.3, 0.4) is 0 Å². The number of pyridine rings is 1. The number of rotatable bonds is 7. The summed E-state index contributed by atoms with van der Waals surface area (Å²) in [7, 11) is 0. The summed E-state index contributed by atoms with van der Waals surface area (Å²) >= 11 is 0. The van der Waals surface area contributed by atoms with E-state index in [1.165, 1.54) is 12.3 Å². The van der Waals surface area contributed by atoms with Crippen molar-refractivity contribution in [1.82, 2.24) is 10.3 Å². The first kappa shape index (κ1) is 17.8. The minimum atomic E-state index is -0.484. The van der Waals surface area contributed by atoms with E-state index in [1.807, 2.05) is 13.8 Å². The molecule has 0 aliphatic carbocycles. The highest BCUT2D eigenvalue weighted by atomic mass is 19.1. The molecule has 1 atom stereocenters. The minimum absolute atomic E-state index is 0.181. The maximum absolute atomic E-state index is 13.9. The molecular formula is C18H21F2N3O. The van der Waals surface area contributed by atoms with Crippen LogP contribution in [0, 0.1) is 11.6 Å². The Morgan fingerprint density at radius 3 is 2.62 bits per heavy atom. The maximum Gasteiger partial charge on any atom is 0.252 e. The standard InChI is InChI=1S/C18H21F2N3O/c1-3-9-21-18(24)12-5-8-17(22-11-12)23-16(4-2)14-10-13(19)6-7-15(14)20/h5-8,10-11,16H,3-4,9H2,1-2H3,(H,21,24)(H,22,23). The molecule has 0 fully saturated rings. The van der Waals surface area contributed by atoms with Crippen LogP contribution in [0.25, 0.3) is 0 Å². The van der Waals surface area contributed by atoms with Gasteiger partial charge < -0.3 is 10.6 Å². The summed E-state index contributed by atoms with van der Waals surface area (Å²) in [5, 5.41) is 5.84. The fourth-order valence-corrected chi connectivity index (χ4v) is 2.31. The summed E-state index contributed by atoms with van der Waals surface area (Å²) in [6, 6.07) is 6.28. The Kier molecular flexibility index (Phi) is 6.23. The first-order valence-electron chi connectivity index (χ1n) is 8.00. The quantitative estimate of drug-likeness (QED) is 0.803. The van der Waals surface area contributed by atoms with Crippen molar-refractivity contribution in [2.45, 2.75) is 32.7 Å². The largest absolute Gasteiger partial charge is 0.363 e. The number of hydrogen-bond acceptors (Lipinski definition) is 3. The van der Waals surface area contributed by atoms with Crippen LogP contribution in [0.1, 0.15) is 48.7 Å². The van der Waals surface area contributed by atoms with Gasteiger partial charge in [-0.15, -0.1) is 0 Å². The van der Waals surface area contributed by atoms with Gasteiger partial charge in [0.1, 0.15) is 17.5 Å². The van der Waals surface area contributed by atoms with Crippen molar-refractivity contribution >= 4 is 11.7 Å². The highest BCUT2D eigenvalue weighted by Crippen LogP contribution is 2.24. The zero-order chi connectivity index (χ0) is 17.5. The van der Waals surface area contributed by atoms with Crippen molar-refractivity contribution in [2.24, 2.45) is 0 Å². The second-order valence-electron chi connectivity index (χ2n) is 5.46. The number of carbonyl (C=O) groups is 1. The molecule has 1 aromatic heterocycles. The van der Waals surface area contributed by atoms with Gasteiger partial charge in [0.05, 0.1) is 11.6 Å². The first-order chi connectivity index (χ1) is 11.5. The van der Waals surface area contributed by atoms with Gasteiger partial charge in [0.15, 0.2) is 0 Å². The number of nitrogens with zero attached hydrogens (tertiary/aromatic N) is 1. The van der Waals surface area contributed by atoms with Crippen LogP contribution in [0.5, 0.6) is 0 Å². The lowest BCUT2D eigenvalue weighted by atomic mass is 10.0. The van der Waals surface area contributed by atoms with E-state index in [1.54, 1.807) is 12.1 Å². The van der Waals surface area contributed by atoms with Crippen LogP contribution in [-0.2, 0) is 0 Å². The van der Waals surface area contributed by atoms with E-state index < -0.39 is 17.7 Å². The van der Waals surface area contributed by atoms with E-state index in [9.17, 15) is 13.6 Å². The Hall–Kier alpha value is -2.50. The van der Waals surface area contributed by atoms with Crippen LogP contribution >= 0.6 is 0 Å². The molecule has 0 bridgehead atoms. The monoisotopic (exact) mass is 333 g/mol. The lowest BCUT2D eigenvalue weighted by molar-refractivity contribution is 0.0953. The fraction of sp³-hybridized carbons (Fsp3) is 0.333. The lowest BCUT2D eigenvalue weighted by Gasteiger charge is -2.19. The molecule has 1 amide bonds. The van der Waals surface area contributed by atoms with Crippen LogP contribution in [0.15, 0.2) is 36.5 Å². The third-order valence-electron chi connectivity index (χ3n) is 3.63. The SMILES string of the molecule is CCCNC(=O)c1ccc(NC(CC)c2cc(F)ccc2F)nc1. The fourth-order valence-electron chi connectivity index (χ4n) is 2.31. The third kappa shape index (κ3) is 4.50. The average molecular weight is 333 g/mol. The number of amides is 1.